The Morgan fingerprint density at radius 3 is 2.22 bits per heavy atom. The Balaban J connectivity index is 1.24. The number of nitrogens with one attached hydrogen (secondary N) is 2. The van der Waals surface area contributed by atoms with Crippen LogP contribution < -0.4 is 25.0 Å². The van der Waals surface area contributed by atoms with E-state index in [4.69, 9.17) is 18.9 Å². The van der Waals surface area contributed by atoms with E-state index in [0.717, 1.165) is 46.8 Å². The number of carbonyl (C=O) groups is 3. The average molecular weight is 867 g/mol. The number of hydrogen-bond donors (Lipinski definition) is 2. The standard InChI is InChI=1S/C54H50N4O7/c1-3-64-45-16-10-15-41(34-45)51-54(46-33-38(21-28-48(46)56-53(54)61)18-17-37-19-26-44(62-2)27-20-37)47(52(60)55-42-22-24-43(25-23-42)57-29-31-63-32-30-57)35-58(51)49(39-11-6-4-7-12-39)50(65-36-59)40-13-8-5-9-14-40/h4-16,19-28,33-34,36,47,49-51H,3,29-32,35H2,1-2H3,(H,55,60)(H,56,61). The molecule has 11 heteroatoms. The average Bonchev–Trinajstić information content (AvgIpc) is 3.86. The molecular formula is C54H50N4O7. The molecule has 2 saturated heterocycles. The first-order chi connectivity index (χ1) is 31.9. The fourth-order valence-corrected chi connectivity index (χ4v) is 9.76. The third kappa shape index (κ3) is 8.54. The lowest BCUT2D eigenvalue weighted by molar-refractivity contribution is -0.139. The van der Waals surface area contributed by atoms with Crippen molar-refractivity contribution in [1.82, 2.24) is 4.90 Å². The molecule has 5 unspecified atom stereocenters. The van der Waals surface area contributed by atoms with Crippen molar-refractivity contribution in [1.29, 1.82) is 0 Å². The summed E-state index contributed by atoms with van der Waals surface area (Å²) in [5.41, 5.74) is 5.11. The third-order valence-corrected chi connectivity index (χ3v) is 12.7. The van der Waals surface area contributed by atoms with Gasteiger partial charge in [-0.25, -0.2) is 0 Å². The van der Waals surface area contributed by atoms with Gasteiger partial charge in [0.1, 0.15) is 23.0 Å². The molecule has 3 aliphatic rings. The SMILES string of the molecule is CCOc1cccc(C2N(C(c3ccccc3)C(OC=O)c3ccccc3)CC(C(=O)Nc3ccc(N4CCOCC4)cc3)C23C(=O)Nc2ccc(C#Cc4ccc(OC)cc4)cc23)c1. The van der Waals surface area contributed by atoms with Gasteiger partial charge in [-0.15, -0.1) is 0 Å². The van der Waals surface area contributed by atoms with Crippen molar-refractivity contribution in [2.45, 2.75) is 30.5 Å². The molecule has 65 heavy (non-hydrogen) atoms. The van der Waals surface area contributed by atoms with Gasteiger partial charge in [-0.1, -0.05) is 84.6 Å². The van der Waals surface area contributed by atoms with Crippen molar-refractivity contribution in [2.24, 2.45) is 5.92 Å². The van der Waals surface area contributed by atoms with Crippen molar-refractivity contribution in [3.63, 3.8) is 0 Å². The van der Waals surface area contributed by atoms with Crippen LogP contribution in [0, 0.1) is 17.8 Å². The van der Waals surface area contributed by atoms with E-state index in [1.807, 2.05) is 159 Å². The molecule has 6 aromatic rings. The minimum absolute atomic E-state index is 0.0982. The van der Waals surface area contributed by atoms with Gasteiger partial charge in [0.2, 0.25) is 11.8 Å². The van der Waals surface area contributed by atoms with Crippen molar-refractivity contribution >= 4 is 35.3 Å². The molecule has 9 rings (SSSR count). The van der Waals surface area contributed by atoms with E-state index >= 15 is 9.59 Å². The second-order valence-corrected chi connectivity index (χ2v) is 16.3. The van der Waals surface area contributed by atoms with E-state index in [1.54, 1.807) is 7.11 Å². The maximum atomic E-state index is 15.6. The van der Waals surface area contributed by atoms with Crippen molar-refractivity contribution in [2.75, 3.05) is 62.1 Å². The molecule has 0 bridgehead atoms. The van der Waals surface area contributed by atoms with Crippen LogP contribution in [0.25, 0.3) is 0 Å². The van der Waals surface area contributed by atoms with Crippen molar-refractivity contribution in [3.05, 3.63) is 185 Å². The van der Waals surface area contributed by atoms with Gasteiger partial charge >= 0.3 is 0 Å². The Labute approximate surface area is 379 Å². The number of hydrogen-bond acceptors (Lipinski definition) is 9. The number of ether oxygens (including phenoxy) is 4. The van der Waals surface area contributed by atoms with Gasteiger partial charge in [0.15, 0.2) is 0 Å². The molecule has 2 fully saturated rings. The molecule has 3 aliphatic heterocycles. The van der Waals surface area contributed by atoms with Crippen LogP contribution in [0.3, 0.4) is 0 Å². The first kappa shape index (κ1) is 42.9. The number of nitrogens with zero attached hydrogens (tertiary/aromatic N) is 2. The van der Waals surface area contributed by atoms with Gasteiger partial charge in [0.25, 0.3) is 6.47 Å². The van der Waals surface area contributed by atoms with Gasteiger partial charge in [-0.3, -0.25) is 19.3 Å². The van der Waals surface area contributed by atoms with Gasteiger partial charge in [0.05, 0.1) is 44.9 Å². The van der Waals surface area contributed by atoms with Crippen LogP contribution >= 0.6 is 0 Å². The van der Waals surface area contributed by atoms with E-state index in [9.17, 15) is 4.79 Å². The summed E-state index contributed by atoms with van der Waals surface area (Å²) < 4.78 is 23.1. The Kier molecular flexibility index (Phi) is 12.6. The lowest BCUT2D eigenvalue weighted by Gasteiger charge is -2.41. The van der Waals surface area contributed by atoms with Gasteiger partial charge in [-0.2, -0.15) is 0 Å². The number of benzene rings is 6. The molecular weight excluding hydrogens is 817 g/mol. The number of fused-ring (bicyclic) bond motifs is 2. The summed E-state index contributed by atoms with van der Waals surface area (Å²) in [6, 6.07) is 46.6. The zero-order chi connectivity index (χ0) is 44.8. The minimum Gasteiger partial charge on any atom is -0.497 e. The van der Waals surface area contributed by atoms with Gasteiger partial charge < -0.3 is 34.5 Å². The summed E-state index contributed by atoms with van der Waals surface area (Å²) in [4.78, 5) is 48.1. The largest absolute Gasteiger partial charge is 0.497 e. The Morgan fingerprint density at radius 2 is 1.52 bits per heavy atom. The van der Waals surface area contributed by atoms with Crippen LogP contribution in [0.4, 0.5) is 17.1 Å². The first-order valence-corrected chi connectivity index (χ1v) is 21.9. The second-order valence-electron chi connectivity index (χ2n) is 16.3. The Hall–Kier alpha value is -7.39. The quantitative estimate of drug-likeness (QED) is 0.0871. The summed E-state index contributed by atoms with van der Waals surface area (Å²) in [5.74, 6) is 6.29. The fraction of sp³-hybridized carbons (Fsp3) is 0.241. The summed E-state index contributed by atoms with van der Waals surface area (Å²) in [6.45, 7) is 5.77. The van der Waals surface area contributed by atoms with Crippen LogP contribution in [0.15, 0.2) is 152 Å². The van der Waals surface area contributed by atoms with E-state index in [2.05, 4.69) is 32.3 Å². The first-order valence-electron chi connectivity index (χ1n) is 21.9. The summed E-state index contributed by atoms with van der Waals surface area (Å²) in [6.07, 6.45) is -0.842. The molecule has 0 radical (unpaired) electrons. The van der Waals surface area contributed by atoms with E-state index in [1.165, 1.54) is 0 Å². The molecule has 11 nitrogen and oxygen atoms in total. The fourth-order valence-electron chi connectivity index (χ4n) is 9.76. The van der Waals surface area contributed by atoms with E-state index < -0.39 is 29.5 Å². The van der Waals surface area contributed by atoms with Crippen molar-refractivity contribution in [3.8, 4) is 23.3 Å². The van der Waals surface area contributed by atoms with Crippen LogP contribution in [0.1, 0.15) is 58.5 Å². The minimum atomic E-state index is -1.54. The van der Waals surface area contributed by atoms with Crippen LogP contribution in [-0.2, 0) is 29.3 Å². The molecule has 328 valence electrons. The lowest BCUT2D eigenvalue weighted by Crippen LogP contribution is -2.48. The molecule has 5 atom stereocenters. The molecule has 2 amide bonds. The van der Waals surface area contributed by atoms with E-state index in [-0.39, 0.29) is 18.4 Å². The number of rotatable bonds is 13. The molecule has 0 aromatic heterocycles. The highest BCUT2D eigenvalue weighted by molar-refractivity contribution is 6.12. The number of morpholine rings is 1. The smallest absolute Gasteiger partial charge is 0.293 e. The summed E-state index contributed by atoms with van der Waals surface area (Å²) >= 11 is 0. The second kappa shape index (κ2) is 19.2. The molecule has 6 aromatic carbocycles. The normalized spacial score (nSPS) is 19.8. The Morgan fingerprint density at radius 1 is 0.831 bits per heavy atom. The van der Waals surface area contributed by atoms with Crippen LogP contribution in [0.2, 0.25) is 0 Å². The number of anilines is 3. The predicted molar refractivity (Wildman–Crippen MR) is 250 cm³/mol. The summed E-state index contributed by atoms with van der Waals surface area (Å²) in [5, 5.41) is 6.46. The van der Waals surface area contributed by atoms with Crippen molar-refractivity contribution < 1.29 is 33.3 Å². The van der Waals surface area contributed by atoms with Crippen LogP contribution in [0.5, 0.6) is 11.5 Å². The maximum Gasteiger partial charge on any atom is 0.293 e. The van der Waals surface area contributed by atoms with Crippen LogP contribution in [-0.4, -0.2) is 69.8 Å². The molecule has 3 heterocycles. The topological polar surface area (TPSA) is 119 Å². The monoisotopic (exact) mass is 866 g/mol. The number of carbonyl (C=O) groups excluding carboxylic acids is 3. The predicted octanol–water partition coefficient (Wildman–Crippen LogP) is 8.49. The molecule has 2 N–H and O–H groups in total. The zero-order valence-corrected chi connectivity index (χ0v) is 36.3. The maximum absolute atomic E-state index is 15.6. The number of likely N-dealkylation sites (tertiary alicyclic amines) is 1. The summed E-state index contributed by atoms with van der Waals surface area (Å²) in [7, 11) is 1.62. The van der Waals surface area contributed by atoms with Gasteiger partial charge in [0, 0.05) is 47.8 Å². The highest BCUT2D eigenvalue weighted by atomic mass is 16.5. The number of methoxy groups -OCH3 is 1. The lowest BCUT2D eigenvalue weighted by atomic mass is 9.66. The van der Waals surface area contributed by atoms with Gasteiger partial charge in [-0.05, 0) is 108 Å². The van der Waals surface area contributed by atoms with E-state index in [0.29, 0.717) is 54.5 Å². The molecule has 1 spiro atoms. The highest BCUT2D eigenvalue weighted by Crippen LogP contribution is 2.61. The molecule has 0 saturated carbocycles. The Bertz CT molecular complexity index is 2700. The number of amides is 2. The third-order valence-electron chi connectivity index (χ3n) is 12.7. The zero-order valence-electron chi connectivity index (χ0n) is 36.3. The molecule has 0 aliphatic carbocycles. The highest BCUT2D eigenvalue weighted by Gasteiger charge is 2.67.